The van der Waals surface area contributed by atoms with Gasteiger partial charge in [-0.15, -0.1) is 0 Å². The van der Waals surface area contributed by atoms with Gasteiger partial charge in [0.15, 0.2) is 5.76 Å². The molecule has 23 heavy (non-hydrogen) atoms. The number of carbonyl (C=O) groups is 1. The highest BCUT2D eigenvalue weighted by Gasteiger charge is 2.32. The number of carboxylic acids is 1. The third-order valence-corrected chi connectivity index (χ3v) is 3.95. The number of rotatable bonds is 8. The minimum absolute atomic E-state index is 0.173. The summed E-state index contributed by atoms with van der Waals surface area (Å²) in [7, 11) is 0. The summed E-state index contributed by atoms with van der Waals surface area (Å²) in [6, 6.07) is 9.70. The molecule has 0 atom stereocenters. The van der Waals surface area contributed by atoms with E-state index in [9.17, 15) is 9.90 Å². The fourth-order valence-corrected chi connectivity index (χ4v) is 2.55. The van der Waals surface area contributed by atoms with Gasteiger partial charge in [0, 0.05) is 5.41 Å². The number of aliphatic carboxylic acids is 1. The van der Waals surface area contributed by atoms with Crippen LogP contribution in [0, 0.1) is 5.41 Å². The monoisotopic (exact) mass is 320 g/mol. The smallest absolute Gasteiger partial charge is 0.334 e. The average Bonchev–Trinajstić information content (AvgIpc) is 2.47. The molecule has 0 aliphatic carbocycles. The van der Waals surface area contributed by atoms with Gasteiger partial charge < -0.3 is 9.99 Å². The van der Waals surface area contributed by atoms with Crippen LogP contribution in [0.1, 0.15) is 59.9 Å². The Morgan fingerprint density at radius 1 is 1.13 bits per heavy atom. The molecule has 0 unspecified atom stereocenters. The van der Waals surface area contributed by atoms with Gasteiger partial charge in [-0.2, -0.15) is 4.89 Å². The molecular weight excluding hydrogens is 292 g/mol. The van der Waals surface area contributed by atoms with Gasteiger partial charge >= 0.3 is 5.97 Å². The van der Waals surface area contributed by atoms with Crippen LogP contribution in [0.2, 0.25) is 0 Å². The minimum atomic E-state index is -0.995. The van der Waals surface area contributed by atoms with E-state index in [4.69, 9.17) is 9.78 Å². The van der Waals surface area contributed by atoms with Crippen LogP contribution in [0.3, 0.4) is 0 Å². The molecule has 4 heteroatoms. The molecule has 4 nitrogen and oxygen atoms in total. The maximum atomic E-state index is 11.4. The third-order valence-electron chi connectivity index (χ3n) is 3.95. The van der Waals surface area contributed by atoms with Gasteiger partial charge in [0.2, 0.25) is 0 Å². The Labute approximate surface area is 139 Å². The molecule has 1 aromatic carbocycles. The number of hydrogen-bond acceptors (Lipinski definition) is 3. The first kappa shape index (κ1) is 19.2. The molecule has 0 aromatic heterocycles. The highest BCUT2D eigenvalue weighted by molar-refractivity contribution is 5.86. The number of allylic oxidation sites excluding steroid dienone is 1. The summed E-state index contributed by atoms with van der Waals surface area (Å²) in [6.45, 7) is 11.3. The van der Waals surface area contributed by atoms with E-state index in [-0.39, 0.29) is 5.57 Å². The second-order valence-electron chi connectivity index (χ2n) is 6.94. The summed E-state index contributed by atoms with van der Waals surface area (Å²) >= 11 is 0. The SMILES string of the molecule is CCCC(C)(C)C(OOC(C)(C)c1ccccc1)=C(C)C(=O)O. The first-order chi connectivity index (χ1) is 10.6. The highest BCUT2D eigenvalue weighted by atomic mass is 17.2. The quantitative estimate of drug-likeness (QED) is 0.315. The normalized spacial score (nSPS) is 13.5. The van der Waals surface area contributed by atoms with Crippen molar-refractivity contribution in [2.75, 3.05) is 0 Å². The van der Waals surface area contributed by atoms with E-state index in [2.05, 4.69) is 6.92 Å². The molecule has 1 rings (SSSR count). The van der Waals surface area contributed by atoms with E-state index in [1.165, 1.54) is 0 Å². The van der Waals surface area contributed by atoms with Crippen molar-refractivity contribution >= 4 is 5.97 Å². The largest absolute Gasteiger partial charge is 0.478 e. The van der Waals surface area contributed by atoms with Gasteiger partial charge in [-0.25, -0.2) is 4.79 Å². The van der Waals surface area contributed by atoms with E-state index in [0.29, 0.717) is 5.76 Å². The maximum absolute atomic E-state index is 11.4. The van der Waals surface area contributed by atoms with Crippen LogP contribution in [-0.4, -0.2) is 11.1 Å². The molecule has 0 heterocycles. The zero-order chi connectivity index (χ0) is 17.7. The lowest BCUT2D eigenvalue weighted by Gasteiger charge is -2.31. The van der Waals surface area contributed by atoms with E-state index < -0.39 is 17.0 Å². The van der Waals surface area contributed by atoms with Crippen molar-refractivity contribution < 1.29 is 19.7 Å². The molecule has 128 valence electrons. The van der Waals surface area contributed by atoms with Gasteiger partial charge in [-0.1, -0.05) is 57.5 Å². The molecule has 0 saturated carbocycles. The lowest BCUT2D eigenvalue weighted by atomic mass is 9.84. The van der Waals surface area contributed by atoms with E-state index in [0.717, 1.165) is 18.4 Å². The van der Waals surface area contributed by atoms with Crippen LogP contribution in [0.5, 0.6) is 0 Å². The Morgan fingerprint density at radius 3 is 2.17 bits per heavy atom. The summed E-state index contributed by atoms with van der Waals surface area (Å²) in [5.41, 5.74) is 0.0327. The Kier molecular flexibility index (Phi) is 6.39. The average molecular weight is 320 g/mol. The van der Waals surface area contributed by atoms with E-state index in [1.54, 1.807) is 6.92 Å². The molecule has 0 aliphatic rings. The Morgan fingerprint density at radius 2 is 1.70 bits per heavy atom. The van der Waals surface area contributed by atoms with Gasteiger partial charge in [0.1, 0.15) is 5.60 Å². The first-order valence-corrected chi connectivity index (χ1v) is 7.97. The second-order valence-corrected chi connectivity index (χ2v) is 6.94. The van der Waals surface area contributed by atoms with Gasteiger partial charge in [0.05, 0.1) is 5.57 Å². The van der Waals surface area contributed by atoms with Crippen LogP contribution >= 0.6 is 0 Å². The van der Waals surface area contributed by atoms with E-state index >= 15 is 0 Å². The fraction of sp³-hybridized carbons (Fsp3) is 0.526. The molecule has 0 aliphatic heterocycles. The van der Waals surface area contributed by atoms with Crippen molar-refractivity contribution in [3.63, 3.8) is 0 Å². The first-order valence-electron chi connectivity index (χ1n) is 7.97. The Balaban J connectivity index is 3.04. The van der Waals surface area contributed by atoms with Crippen LogP contribution in [-0.2, 0) is 20.2 Å². The topological polar surface area (TPSA) is 55.8 Å². The molecular formula is C19H28O4. The molecule has 0 spiro atoms. The lowest BCUT2D eigenvalue weighted by Crippen LogP contribution is -2.27. The zero-order valence-corrected chi connectivity index (χ0v) is 15.0. The summed E-state index contributed by atoms with van der Waals surface area (Å²) in [4.78, 5) is 22.7. The van der Waals surface area contributed by atoms with Crippen molar-refractivity contribution in [2.24, 2.45) is 5.41 Å². The molecule has 0 radical (unpaired) electrons. The lowest BCUT2D eigenvalue weighted by molar-refractivity contribution is -0.340. The predicted octanol–water partition coefficient (Wildman–Crippen LogP) is 5.05. The third kappa shape index (κ3) is 5.10. The Hall–Kier alpha value is -1.81. The molecule has 0 saturated heterocycles. The molecule has 0 amide bonds. The van der Waals surface area contributed by atoms with Crippen molar-refractivity contribution in [2.45, 2.75) is 60.0 Å². The van der Waals surface area contributed by atoms with Crippen LogP contribution in [0.15, 0.2) is 41.7 Å². The van der Waals surface area contributed by atoms with Gasteiger partial charge in [-0.3, -0.25) is 0 Å². The van der Waals surface area contributed by atoms with E-state index in [1.807, 2.05) is 58.0 Å². The minimum Gasteiger partial charge on any atom is -0.478 e. The van der Waals surface area contributed by atoms with Crippen molar-refractivity contribution in [1.29, 1.82) is 0 Å². The summed E-state index contributed by atoms with van der Waals surface area (Å²) in [5, 5.41) is 9.34. The standard InChI is InChI=1S/C19H28O4/c1-7-13-18(3,4)16(14(2)17(20)21)22-23-19(5,6)15-11-9-8-10-12-15/h8-12H,7,13H2,1-6H3,(H,20,21). The van der Waals surface area contributed by atoms with Crippen LogP contribution < -0.4 is 0 Å². The number of hydrogen-bond donors (Lipinski definition) is 1. The number of carboxylic acid groups (broad SMARTS) is 1. The molecule has 1 N–H and O–H groups in total. The van der Waals surface area contributed by atoms with Crippen molar-refractivity contribution in [3.8, 4) is 0 Å². The number of benzene rings is 1. The summed E-state index contributed by atoms with van der Waals surface area (Å²) < 4.78 is 0. The molecule has 1 aromatic rings. The van der Waals surface area contributed by atoms with Crippen molar-refractivity contribution in [1.82, 2.24) is 0 Å². The molecule has 0 bridgehead atoms. The molecule has 0 fully saturated rings. The van der Waals surface area contributed by atoms with Gasteiger partial charge in [-0.05, 0) is 32.8 Å². The highest BCUT2D eigenvalue weighted by Crippen LogP contribution is 2.37. The second kappa shape index (κ2) is 7.64. The van der Waals surface area contributed by atoms with Crippen molar-refractivity contribution in [3.05, 3.63) is 47.2 Å². The fourth-order valence-electron chi connectivity index (χ4n) is 2.55. The summed E-state index contributed by atoms with van der Waals surface area (Å²) in [6.07, 6.45) is 1.73. The zero-order valence-electron chi connectivity index (χ0n) is 15.0. The van der Waals surface area contributed by atoms with Crippen LogP contribution in [0.25, 0.3) is 0 Å². The Bertz CT molecular complexity index is 556. The van der Waals surface area contributed by atoms with Gasteiger partial charge in [0.25, 0.3) is 0 Å². The van der Waals surface area contributed by atoms with Crippen LogP contribution in [0.4, 0.5) is 0 Å². The maximum Gasteiger partial charge on any atom is 0.334 e. The predicted molar refractivity (Wildman–Crippen MR) is 90.7 cm³/mol. The summed E-state index contributed by atoms with van der Waals surface area (Å²) in [5.74, 6) is -0.624.